The molecule has 150 valence electrons. The molecular formula is C19H26Cl2FN3O2. The number of aromatic nitrogens is 1. The van der Waals surface area contributed by atoms with E-state index in [4.69, 9.17) is 10.2 Å². The third kappa shape index (κ3) is 6.48. The summed E-state index contributed by atoms with van der Waals surface area (Å²) in [6.07, 6.45) is 7.56. The number of amides is 1. The summed E-state index contributed by atoms with van der Waals surface area (Å²) in [6.45, 7) is 0.454. The summed E-state index contributed by atoms with van der Waals surface area (Å²) in [5.74, 6) is 0.436. The van der Waals surface area contributed by atoms with Crippen molar-refractivity contribution in [2.45, 2.75) is 44.6 Å². The molecule has 1 aliphatic rings. The van der Waals surface area contributed by atoms with Gasteiger partial charge in [-0.15, -0.1) is 24.8 Å². The molecule has 1 aromatic carbocycles. The normalized spacial score (nSPS) is 15.3. The Morgan fingerprint density at radius 2 is 1.89 bits per heavy atom. The van der Waals surface area contributed by atoms with Crippen LogP contribution in [0.2, 0.25) is 0 Å². The number of hydrogen-bond donors (Lipinski definition) is 2. The molecule has 3 rings (SSSR count). The Hall–Kier alpha value is -1.63. The number of carbonyl (C=O) groups excluding carboxylic acids is 1. The first kappa shape index (κ1) is 23.4. The molecule has 1 heterocycles. The molecule has 2 aromatic rings. The van der Waals surface area contributed by atoms with Gasteiger partial charge in [-0.05, 0) is 43.0 Å². The van der Waals surface area contributed by atoms with E-state index in [2.05, 4.69) is 10.3 Å². The summed E-state index contributed by atoms with van der Waals surface area (Å²) < 4.78 is 18.4. The Labute approximate surface area is 171 Å². The van der Waals surface area contributed by atoms with Crippen LogP contribution < -0.4 is 11.1 Å². The van der Waals surface area contributed by atoms with Crippen LogP contribution in [0.4, 0.5) is 4.39 Å². The Bertz CT molecular complexity index is 703. The van der Waals surface area contributed by atoms with Crippen molar-refractivity contribution in [2.75, 3.05) is 6.54 Å². The van der Waals surface area contributed by atoms with E-state index >= 15 is 0 Å². The van der Waals surface area contributed by atoms with Gasteiger partial charge in [0.2, 0.25) is 11.8 Å². The van der Waals surface area contributed by atoms with Gasteiger partial charge in [0, 0.05) is 18.2 Å². The summed E-state index contributed by atoms with van der Waals surface area (Å²) in [5.41, 5.74) is 7.09. The molecule has 0 bridgehead atoms. The first-order valence-corrected chi connectivity index (χ1v) is 8.85. The van der Waals surface area contributed by atoms with E-state index in [9.17, 15) is 9.18 Å². The molecule has 1 aromatic heterocycles. The molecule has 27 heavy (non-hydrogen) atoms. The van der Waals surface area contributed by atoms with Gasteiger partial charge in [0.25, 0.3) is 0 Å². The Morgan fingerprint density at radius 1 is 1.22 bits per heavy atom. The van der Waals surface area contributed by atoms with Crippen molar-refractivity contribution >= 4 is 30.7 Å². The van der Waals surface area contributed by atoms with Gasteiger partial charge in [-0.1, -0.05) is 19.3 Å². The minimum absolute atomic E-state index is 0. The minimum Gasteiger partial charge on any atom is -0.444 e. The predicted octanol–water partition coefficient (Wildman–Crippen LogP) is 3.89. The molecule has 1 saturated carbocycles. The molecule has 1 atom stereocenters. The van der Waals surface area contributed by atoms with E-state index in [1.807, 2.05) is 0 Å². The highest BCUT2D eigenvalue weighted by Crippen LogP contribution is 2.26. The highest BCUT2D eigenvalue weighted by Gasteiger charge is 2.24. The standard InChI is InChI=1S/C19H24FN3O2.2ClH/c20-15-8-6-14(7-9-15)19-22-16(12-25-19)10-18(24)23-17(11-21)13-4-2-1-3-5-13;;/h6-9,12-13,17H,1-5,10-11,21H2,(H,23,24);2*1H. The molecule has 5 nitrogen and oxygen atoms in total. The first-order valence-electron chi connectivity index (χ1n) is 8.85. The topological polar surface area (TPSA) is 81.1 Å². The summed E-state index contributed by atoms with van der Waals surface area (Å²) >= 11 is 0. The molecule has 0 saturated heterocycles. The fraction of sp³-hybridized carbons (Fsp3) is 0.474. The van der Waals surface area contributed by atoms with Gasteiger partial charge in [-0.25, -0.2) is 9.37 Å². The summed E-state index contributed by atoms with van der Waals surface area (Å²) in [7, 11) is 0. The highest BCUT2D eigenvalue weighted by molar-refractivity contribution is 5.85. The van der Waals surface area contributed by atoms with Crippen LogP contribution in [-0.4, -0.2) is 23.5 Å². The first-order chi connectivity index (χ1) is 12.2. The average Bonchev–Trinajstić information content (AvgIpc) is 3.09. The van der Waals surface area contributed by atoms with Crippen LogP contribution in [0, 0.1) is 11.7 Å². The summed E-state index contributed by atoms with van der Waals surface area (Å²) in [4.78, 5) is 16.6. The zero-order valence-electron chi connectivity index (χ0n) is 15.0. The lowest BCUT2D eigenvalue weighted by Gasteiger charge is -2.30. The number of nitrogens with two attached hydrogens (primary N) is 1. The lowest BCUT2D eigenvalue weighted by atomic mass is 9.84. The van der Waals surface area contributed by atoms with E-state index in [1.165, 1.54) is 37.7 Å². The molecule has 0 radical (unpaired) electrons. The highest BCUT2D eigenvalue weighted by atomic mass is 35.5. The average molecular weight is 418 g/mol. The second kappa shape index (κ2) is 11.3. The zero-order valence-corrected chi connectivity index (χ0v) is 16.7. The number of benzene rings is 1. The monoisotopic (exact) mass is 417 g/mol. The van der Waals surface area contributed by atoms with Crippen molar-refractivity contribution in [3.05, 3.63) is 42.0 Å². The Balaban J connectivity index is 0.00000182. The SMILES string of the molecule is Cl.Cl.NCC(NC(=O)Cc1coc(-c2ccc(F)cc2)n1)C1CCCCC1. The van der Waals surface area contributed by atoms with Gasteiger partial charge in [0.1, 0.15) is 12.1 Å². The lowest BCUT2D eigenvalue weighted by molar-refractivity contribution is -0.121. The van der Waals surface area contributed by atoms with Gasteiger partial charge in [-0.3, -0.25) is 4.79 Å². The number of nitrogens with zero attached hydrogens (tertiary/aromatic N) is 1. The third-order valence-electron chi connectivity index (χ3n) is 4.80. The van der Waals surface area contributed by atoms with Gasteiger partial charge in [0.05, 0.1) is 12.1 Å². The number of hydrogen-bond acceptors (Lipinski definition) is 4. The molecule has 3 N–H and O–H groups in total. The quantitative estimate of drug-likeness (QED) is 0.746. The van der Waals surface area contributed by atoms with Gasteiger partial charge in [0.15, 0.2) is 0 Å². The molecule has 8 heteroatoms. The van der Waals surface area contributed by atoms with Crippen molar-refractivity contribution in [1.29, 1.82) is 0 Å². The van der Waals surface area contributed by atoms with E-state index in [0.717, 1.165) is 12.8 Å². The molecule has 0 spiro atoms. The number of halogens is 3. The van der Waals surface area contributed by atoms with E-state index in [0.29, 0.717) is 29.6 Å². The maximum Gasteiger partial charge on any atom is 0.226 e. The van der Waals surface area contributed by atoms with Crippen LogP contribution in [0.1, 0.15) is 37.8 Å². The van der Waals surface area contributed by atoms with E-state index in [1.54, 1.807) is 12.1 Å². The molecule has 1 aliphatic carbocycles. The van der Waals surface area contributed by atoms with Crippen molar-refractivity contribution in [2.24, 2.45) is 11.7 Å². The minimum atomic E-state index is -0.314. The third-order valence-corrected chi connectivity index (χ3v) is 4.80. The van der Waals surface area contributed by atoms with Crippen LogP contribution in [0.3, 0.4) is 0 Å². The Kier molecular flexibility index (Phi) is 9.77. The summed E-state index contributed by atoms with van der Waals surface area (Å²) in [6, 6.07) is 5.91. The smallest absolute Gasteiger partial charge is 0.226 e. The number of oxazole rings is 1. The number of rotatable bonds is 6. The maximum atomic E-state index is 13.0. The van der Waals surface area contributed by atoms with Crippen LogP contribution in [0.15, 0.2) is 34.9 Å². The molecule has 1 amide bonds. The fourth-order valence-electron chi connectivity index (χ4n) is 3.44. The maximum absolute atomic E-state index is 13.0. The molecule has 1 unspecified atom stereocenters. The second-order valence-corrected chi connectivity index (χ2v) is 6.64. The van der Waals surface area contributed by atoms with Gasteiger partial charge >= 0.3 is 0 Å². The van der Waals surface area contributed by atoms with Crippen molar-refractivity contribution < 1.29 is 13.6 Å². The molecular weight excluding hydrogens is 392 g/mol. The van der Waals surface area contributed by atoms with Crippen LogP contribution in [0.25, 0.3) is 11.5 Å². The zero-order chi connectivity index (χ0) is 17.6. The largest absolute Gasteiger partial charge is 0.444 e. The molecule has 0 aliphatic heterocycles. The predicted molar refractivity (Wildman–Crippen MR) is 108 cm³/mol. The number of nitrogens with one attached hydrogen (secondary N) is 1. The van der Waals surface area contributed by atoms with Gasteiger partial charge < -0.3 is 15.5 Å². The number of carbonyl (C=O) groups is 1. The lowest BCUT2D eigenvalue weighted by Crippen LogP contribution is -2.46. The summed E-state index contributed by atoms with van der Waals surface area (Å²) in [5, 5.41) is 3.05. The van der Waals surface area contributed by atoms with E-state index in [-0.39, 0.29) is 49.0 Å². The van der Waals surface area contributed by atoms with Crippen molar-refractivity contribution in [1.82, 2.24) is 10.3 Å². The van der Waals surface area contributed by atoms with Gasteiger partial charge in [-0.2, -0.15) is 0 Å². The second-order valence-electron chi connectivity index (χ2n) is 6.64. The van der Waals surface area contributed by atoms with Crippen LogP contribution in [-0.2, 0) is 11.2 Å². The van der Waals surface area contributed by atoms with Crippen LogP contribution in [0.5, 0.6) is 0 Å². The van der Waals surface area contributed by atoms with E-state index < -0.39 is 0 Å². The molecule has 1 fully saturated rings. The van der Waals surface area contributed by atoms with Crippen molar-refractivity contribution in [3.63, 3.8) is 0 Å². The van der Waals surface area contributed by atoms with Crippen molar-refractivity contribution in [3.8, 4) is 11.5 Å². The van der Waals surface area contributed by atoms with Crippen LogP contribution >= 0.6 is 24.8 Å². The Morgan fingerprint density at radius 3 is 2.52 bits per heavy atom. The fourth-order valence-corrected chi connectivity index (χ4v) is 3.44.